The number of amides is 1. The first kappa shape index (κ1) is 18.9. The van der Waals surface area contributed by atoms with E-state index in [0.29, 0.717) is 39.8 Å². The molecule has 0 fully saturated rings. The second-order valence-corrected chi connectivity index (χ2v) is 6.11. The first-order valence-corrected chi connectivity index (χ1v) is 8.62. The first-order chi connectivity index (χ1) is 13.5. The van der Waals surface area contributed by atoms with Crippen molar-refractivity contribution in [2.45, 2.75) is 13.8 Å². The number of aryl methyl sites for hydroxylation is 2. The second kappa shape index (κ2) is 8.23. The summed E-state index contributed by atoms with van der Waals surface area (Å²) in [6.45, 7) is 3.62. The van der Waals surface area contributed by atoms with Gasteiger partial charge in [-0.15, -0.1) is 0 Å². The van der Waals surface area contributed by atoms with Gasteiger partial charge in [0, 0.05) is 17.4 Å². The minimum atomic E-state index is -0.265. The SMILES string of the molecule is COc1ccccc1C(=O)Nc1ccc(Oc2cc(C)nc(C)c2C#N)cc1. The van der Waals surface area contributed by atoms with Crippen LogP contribution in [0.3, 0.4) is 0 Å². The Kier molecular flexibility index (Phi) is 5.56. The highest BCUT2D eigenvalue weighted by molar-refractivity contribution is 6.06. The Balaban J connectivity index is 1.76. The van der Waals surface area contributed by atoms with E-state index in [-0.39, 0.29) is 5.91 Å². The largest absolute Gasteiger partial charge is 0.496 e. The van der Waals surface area contributed by atoms with E-state index in [1.807, 2.05) is 6.92 Å². The average molecular weight is 373 g/mol. The molecule has 1 aromatic heterocycles. The monoisotopic (exact) mass is 373 g/mol. The van der Waals surface area contributed by atoms with Crippen LogP contribution < -0.4 is 14.8 Å². The summed E-state index contributed by atoms with van der Waals surface area (Å²) in [4.78, 5) is 16.7. The molecule has 0 spiro atoms. The molecule has 1 amide bonds. The molecule has 1 heterocycles. The van der Waals surface area contributed by atoms with Crippen LogP contribution >= 0.6 is 0 Å². The van der Waals surface area contributed by atoms with Crippen LogP contribution in [0, 0.1) is 25.2 Å². The Hall–Kier alpha value is -3.85. The van der Waals surface area contributed by atoms with E-state index in [1.165, 1.54) is 7.11 Å². The van der Waals surface area contributed by atoms with Crippen LogP contribution in [-0.2, 0) is 0 Å². The maximum absolute atomic E-state index is 12.5. The molecule has 3 aromatic rings. The van der Waals surface area contributed by atoms with Crippen molar-refractivity contribution < 1.29 is 14.3 Å². The number of para-hydroxylation sites is 1. The summed E-state index contributed by atoms with van der Waals surface area (Å²) < 4.78 is 11.1. The Morgan fingerprint density at radius 1 is 1.07 bits per heavy atom. The van der Waals surface area contributed by atoms with Crippen LogP contribution in [0.1, 0.15) is 27.3 Å². The van der Waals surface area contributed by atoms with Crippen molar-refractivity contribution in [3.8, 4) is 23.3 Å². The van der Waals surface area contributed by atoms with Gasteiger partial charge in [0.05, 0.1) is 18.4 Å². The highest BCUT2D eigenvalue weighted by Crippen LogP contribution is 2.28. The van der Waals surface area contributed by atoms with Crippen molar-refractivity contribution in [2.24, 2.45) is 0 Å². The lowest BCUT2D eigenvalue weighted by molar-refractivity contribution is 0.102. The zero-order valence-corrected chi connectivity index (χ0v) is 15.8. The quantitative estimate of drug-likeness (QED) is 0.705. The number of hydrogen-bond donors (Lipinski definition) is 1. The van der Waals surface area contributed by atoms with E-state index in [2.05, 4.69) is 16.4 Å². The summed E-state index contributed by atoms with van der Waals surface area (Å²) in [6.07, 6.45) is 0. The van der Waals surface area contributed by atoms with Crippen LogP contribution in [0.15, 0.2) is 54.6 Å². The summed E-state index contributed by atoms with van der Waals surface area (Å²) in [5.74, 6) is 1.25. The van der Waals surface area contributed by atoms with Gasteiger partial charge < -0.3 is 14.8 Å². The normalized spacial score (nSPS) is 10.1. The Bertz CT molecular complexity index is 1050. The third-order valence-corrected chi connectivity index (χ3v) is 4.10. The number of anilines is 1. The number of rotatable bonds is 5. The molecule has 6 heteroatoms. The average Bonchev–Trinajstić information content (AvgIpc) is 2.69. The van der Waals surface area contributed by atoms with Crippen molar-refractivity contribution in [3.05, 3.63) is 77.1 Å². The van der Waals surface area contributed by atoms with Crippen molar-refractivity contribution in [1.29, 1.82) is 5.26 Å². The third kappa shape index (κ3) is 4.10. The number of ether oxygens (including phenoxy) is 2. The maximum Gasteiger partial charge on any atom is 0.259 e. The van der Waals surface area contributed by atoms with Gasteiger partial charge in [0.15, 0.2) is 0 Å². The number of nitrogens with one attached hydrogen (secondary N) is 1. The van der Waals surface area contributed by atoms with Crippen LogP contribution in [0.2, 0.25) is 0 Å². The molecular weight excluding hydrogens is 354 g/mol. The molecule has 0 aliphatic heterocycles. The fourth-order valence-corrected chi connectivity index (χ4v) is 2.77. The fraction of sp³-hybridized carbons (Fsp3) is 0.136. The zero-order valence-electron chi connectivity index (χ0n) is 15.8. The number of pyridine rings is 1. The molecule has 6 nitrogen and oxygen atoms in total. The van der Waals surface area contributed by atoms with Crippen molar-refractivity contribution in [3.63, 3.8) is 0 Å². The summed E-state index contributed by atoms with van der Waals surface area (Å²) in [6, 6.07) is 17.8. The van der Waals surface area contributed by atoms with E-state index < -0.39 is 0 Å². The van der Waals surface area contributed by atoms with Gasteiger partial charge >= 0.3 is 0 Å². The van der Waals surface area contributed by atoms with Crippen LogP contribution in [0.25, 0.3) is 0 Å². The van der Waals surface area contributed by atoms with E-state index >= 15 is 0 Å². The highest BCUT2D eigenvalue weighted by Gasteiger charge is 2.13. The summed E-state index contributed by atoms with van der Waals surface area (Å²) in [5, 5.41) is 12.2. The molecule has 0 bridgehead atoms. The van der Waals surface area contributed by atoms with Gasteiger partial charge in [-0.25, -0.2) is 0 Å². The maximum atomic E-state index is 12.5. The molecule has 0 unspecified atom stereocenters. The summed E-state index contributed by atoms with van der Waals surface area (Å²) >= 11 is 0. The first-order valence-electron chi connectivity index (χ1n) is 8.62. The van der Waals surface area contributed by atoms with Crippen LogP contribution in [-0.4, -0.2) is 18.0 Å². The van der Waals surface area contributed by atoms with Gasteiger partial charge in [-0.2, -0.15) is 5.26 Å². The number of nitriles is 1. The van der Waals surface area contributed by atoms with Crippen LogP contribution in [0.5, 0.6) is 17.2 Å². The smallest absolute Gasteiger partial charge is 0.259 e. The third-order valence-electron chi connectivity index (χ3n) is 4.10. The molecule has 0 saturated heterocycles. The molecule has 0 radical (unpaired) electrons. The van der Waals surface area contributed by atoms with Gasteiger partial charge in [-0.05, 0) is 50.2 Å². The zero-order chi connectivity index (χ0) is 20.1. The van der Waals surface area contributed by atoms with Gasteiger partial charge in [0.25, 0.3) is 5.91 Å². The molecule has 0 aliphatic carbocycles. The lowest BCUT2D eigenvalue weighted by atomic mass is 10.1. The van der Waals surface area contributed by atoms with Crippen molar-refractivity contribution in [1.82, 2.24) is 4.98 Å². The minimum absolute atomic E-state index is 0.265. The van der Waals surface area contributed by atoms with E-state index in [0.717, 1.165) is 5.69 Å². The molecule has 0 atom stereocenters. The minimum Gasteiger partial charge on any atom is -0.496 e. The van der Waals surface area contributed by atoms with E-state index in [9.17, 15) is 10.1 Å². The predicted octanol–water partition coefficient (Wildman–Crippen LogP) is 4.62. The molecule has 1 N–H and O–H groups in total. The van der Waals surface area contributed by atoms with E-state index in [1.54, 1.807) is 61.5 Å². The Morgan fingerprint density at radius 2 is 1.79 bits per heavy atom. The standard InChI is InChI=1S/C22H19N3O3/c1-14-12-21(19(13-23)15(2)24-14)28-17-10-8-16(9-11-17)25-22(26)18-6-4-5-7-20(18)27-3/h4-12H,1-3H3,(H,25,26). The summed E-state index contributed by atoms with van der Waals surface area (Å²) in [7, 11) is 1.52. The molecule has 140 valence electrons. The number of benzene rings is 2. The Morgan fingerprint density at radius 3 is 2.46 bits per heavy atom. The highest BCUT2D eigenvalue weighted by atomic mass is 16.5. The topological polar surface area (TPSA) is 84.2 Å². The number of hydrogen-bond acceptors (Lipinski definition) is 5. The summed E-state index contributed by atoms with van der Waals surface area (Å²) in [5.41, 5.74) is 2.86. The predicted molar refractivity (Wildman–Crippen MR) is 106 cm³/mol. The van der Waals surface area contributed by atoms with E-state index in [4.69, 9.17) is 9.47 Å². The molecular formula is C22H19N3O3. The molecule has 3 rings (SSSR count). The number of methoxy groups -OCH3 is 1. The number of nitrogens with zero attached hydrogens (tertiary/aromatic N) is 2. The van der Waals surface area contributed by atoms with Gasteiger partial charge in [0.1, 0.15) is 28.9 Å². The number of carbonyl (C=O) groups is 1. The number of carbonyl (C=O) groups excluding carboxylic acids is 1. The van der Waals surface area contributed by atoms with Gasteiger partial charge in [-0.1, -0.05) is 12.1 Å². The number of aromatic nitrogens is 1. The van der Waals surface area contributed by atoms with Crippen molar-refractivity contribution in [2.75, 3.05) is 12.4 Å². The van der Waals surface area contributed by atoms with Gasteiger partial charge in [-0.3, -0.25) is 9.78 Å². The van der Waals surface area contributed by atoms with Crippen LogP contribution in [0.4, 0.5) is 5.69 Å². The lowest BCUT2D eigenvalue weighted by Gasteiger charge is -2.11. The fourth-order valence-electron chi connectivity index (χ4n) is 2.77. The molecule has 0 saturated carbocycles. The Labute approximate surface area is 163 Å². The second-order valence-electron chi connectivity index (χ2n) is 6.11. The van der Waals surface area contributed by atoms with Gasteiger partial charge in [0.2, 0.25) is 0 Å². The van der Waals surface area contributed by atoms with Crippen molar-refractivity contribution >= 4 is 11.6 Å². The molecule has 0 aliphatic rings. The molecule has 2 aromatic carbocycles. The molecule has 28 heavy (non-hydrogen) atoms. The lowest BCUT2D eigenvalue weighted by Crippen LogP contribution is -2.12.